The molecule has 0 aliphatic carbocycles. The Kier molecular flexibility index (Phi) is 4.77. The number of aryl methyl sites for hydroxylation is 1. The van der Waals surface area contributed by atoms with E-state index in [0.29, 0.717) is 17.1 Å². The Balaban J connectivity index is 1.96. The second-order valence-corrected chi connectivity index (χ2v) is 4.59. The van der Waals surface area contributed by atoms with E-state index < -0.39 is 18.0 Å². The molecule has 1 N–H and O–H groups in total. The molecule has 1 heterocycles. The van der Waals surface area contributed by atoms with Crippen molar-refractivity contribution in [2.75, 3.05) is 12.4 Å². The predicted molar refractivity (Wildman–Crippen MR) is 77.7 cm³/mol. The molecule has 0 fully saturated rings. The van der Waals surface area contributed by atoms with Crippen LogP contribution in [0.1, 0.15) is 23.0 Å². The van der Waals surface area contributed by atoms with Crippen molar-refractivity contribution in [3.05, 3.63) is 41.7 Å². The van der Waals surface area contributed by atoms with Crippen LogP contribution < -0.4 is 10.1 Å². The number of benzene rings is 1. The number of ether oxygens (including phenoxy) is 2. The molecule has 7 heteroatoms. The number of hydrogen-bond donors (Lipinski definition) is 1. The number of methoxy groups -OCH3 is 1. The quantitative estimate of drug-likeness (QED) is 0.851. The molecule has 1 aromatic carbocycles. The summed E-state index contributed by atoms with van der Waals surface area (Å²) in [6.45, 7) is 3.18. The van der Waals surface area contributed by atoms with Crippen LogP contribution in [-0.4, -0.2) is 30.2 Å². The molecular formula is C15H16N2O5. The van der Waals surface area contributed by atoms with Crippen molar-refractivity contribution in [3.63, 3.8) is 0 Å². The van der Waals surface area contributed by atoms with Gasteiger partial charge in [-0.1, -0.05) is 11.2 Å². The van der Waals surface area contributed by atoms with Crippen LogP contribution in [0.2, 0.25) is 0 Å². The van der Waals surface area contributed by atoms with E-state index in [9.17, 15) is 9.59 Å². The average molecular weight is 304 g/mol. The number of anilines is 1. The van der Waals surface area contributed by atoms with Gasteiger partial charge in [0.25, 0.3) is 5.91 Å². The Labute approximate surface area is 127 Å². The van der Waals surface area contributed by atoms with Crippen LogP contribution in [0.15, 0.2) is 34.9 Å². The van der Waals surface area contributed by atoms with Gasteiger partial charge in [-0.25, -0.2) is 4.79 Å². The van der Waals surface area contributed by atoms with Gasteiger partial charge in [0.05, 0.1) is 12.7 Å². The van der Waals surface area contributed by atoms with Crippen molar-refractivity contribution in [3.8, 4) is 5.75 Å². The first-order valence-electron chi connectivity index (χ1n) is 6.59. The van der Waals surface area contributed by atoms with Crippen molar-refractivity contribution in [1.29, 1.82) is 0 Å². The van der Waals surface area contributed by atoms with Gasteiger partial charge in [0.15, 0.2) is 11.9 Å². The minimum atomic E-state index is -0.976. The lowest BCUT2D eigenvalue weighted by Gasteiger charge is -2.12. The van der Waals surface area contributed by atoms with Gasteiger partial charge in [0.2, 0.25) is 0 Å². The fourth-order valence-corrected chi connectivity index (χ4v) is 1.69. The highest BCUT2D eigenvalue weighted by molar-refractivity contribution is 5.96. The molecule has 2 aromatic rings. The third-order valence-electron chi connectivity index (χ3n) is 2.84. The molecule has 1 amide bonds. The second kappa shape index (κ2) is 6.75. The summed E-state index contributed by atoms with van der Waals surface area (Å²) < 4.78 is 15.0. The SMILES string of the molecule is COc1cccc(C(=O)OC(C)C(=O)Nc2cc(C)on2)c1. The smallest absolute Gasteiger partial charge is 0.339 e. The highest BCUT2D eigenvalue weighted by Gasteiger charge is 2.20. The number of amides is 1. The molecule has 0 spiro atoms. The van der Waals surface area contributed by atoms with Gasteiger partial charge in [0, 0.05) is 6.07 Å². The van der Waals surface area contributed by atoms with Gasteiger partial charge >= 0.3 is 5.97 Å². The fraction of sp³-hybridized carbons (Fsp3) is 0.267. The minimum Gasteiger partial charge on any atom is -0.497 e. The molecule has 0 bridgehead atoms. The zero-order chi connectivity index (χ0) is 16.1. The normalized spacial score (nSPS) is 11.6. The topological polar surface area (TPSA) is 90.7 Å². The summed E-state index contributed by atoms with van der Waals surface area (Å²) in [5.74, 6) is 0.259. The predicted octanol–water partition coefficient (Wildman–Crippen LogP) is 2.18. The van der Waals surface area contributed by atoms with Crippen LogP contribution in [-0.2, 0) is 9.53 Å². The number of carbonyl (C=O) groups excluding carboxylic acids is 2. The molecule has 1 atom stereocenters. The lowest BCUT2D eigenvalue weighted by atomic mass is 10.2. The maximum Gasteiger partial charge on any atom is 0.339 e. The number of rotatable bonds is 5. The third kappa shape index (κ3) is 3.85. The van der Waals surface area contributed by atoms with Crippen LogP contribution in [0, 0.1) is 6.92 Å². The highest BCUT2D eigenvalue weighted by Crippen LogP contribution is 2.14. The van der Waals surface area contributed by atoms with E-state index in [1.165, 1.54) is 20.1 Å². The van der Waals surface area contributed by atoms with E-state index in [2.05, 4.69) is 10.5 Å². The number of esters is 1. The Hall–Kier alpha value is -2.83. The van der Waals surface area contributed by atoms with Crippen molar-refractivity contribution >= 4 is 17.7 Å². The average Bonchev–Trinajstić information content (AvgIpc) is 2.92. The first kappa shape index (κ1) is 15.6. The molecule has 1 unspecified atom stereocenters. The summed E-state index contributed by atoms with van der Waals surface area (Å²) in [4.78, 5) is 23.9. The van der Waals surface area contributed by atoms with Gasteiger partial charge in [-0.05, 0) is 32.0 Å². The van der Waals surface area contributed by atoms with Gasteiger partial charge in [-0.3, -0.25) is 4.79 Å². The summed E-state index contributed by atoms with van der Waals surface area (Å²) in [5.41, 5.74) is 0.302. The summed E-state index contributed by atoms with van der Waals surface area (Å²) in [5, 5.41) is 6.13. The zero-order valence-corrected chi connectivity index (χ0v) is 12.5. The molecule has 22 heavy (non-hydrogen) atoms. The summed E-state index contributed by atoms with van der Waals surface area (Å²) >= 11 is 0. The molecule has 0 radical (unpaired) electrons. The number of carbonyl (C=O) groups is 2. The Morgan fingerprint density at radius 1 is 1.32 bits per heavy atom. The molecule has 116 valence electrons. The van der Waals surface area contributed by atoms with Gasteiger partial charge in [-0.2, -0.15) is 0 Å². The highest BCUT2D eigenvalue weighted by atomic mass is 16.5. The van der Waals surface area contributed by atoms with Crippen LogP contribution in [0.25, 0.3) is 0 Å². The summed E-state index contributed by atoms with van der Waals surface area (Å²) in [6.07, 6.45) is -0.976. The molecular weight excluding hydrogens is 288 g/mol. The lowest BCUT2D eigenvalue weighted by molar-refractivity contribution is -0.123. The molecule has 1 aromatic heterocycles. The Morgan fingerprint density at radius 2 is 2.09 bits per heavy atom. The second-order valence-electron chi connectivity index (χ2n) is 4.59. The van der Waals surface area contributed by atoms with Gasteiger partial charge in [0.1, 0.15) is 11.5 Å². The standard InChI is InChI=1S/C15H16N2O5/c1-9-7-13(17-22-9)16-14(18)10(2)21-15(19)11-5-4-6-12(8-11)20-3/h4-8,10H,1-3H3,(H,16,17,18). The molecule has 7 nitrogen and oxygen atoms in total. The van der Waals surface area contributed by atoms with E-state index in [1.807, 2.05) is 0 Å². The Bertz CT molecular complexity index is 680. The monoisotopic (exact) mass is 304 g/mol. The Morgan fingerprint density at radius 3 is 2.73 bits per heavy atom. The van der Waals surface area contributed by atoms with Gasteiger partial charge in [-0.15, -0.1) is 0 Å². The van der Waals surface area contributed by atoms with Crippen LogP contribution in [0.5, 0.6) is 5.75 Å². The van der Waals surface area contributed by atoms with Crippen LogP contribution in [0.3, 0.4) is 0 Å². The fourth-order valence-electron chi connectivity index (χ4n) is 1.69. The van der Waals surface area contributed by atoms with E-state index in [1.54, 1.807) is 31.2 Å². The van der Waals surface area contributed by atoms with Crippen molar-refractivity contribution < 1.29 is 23.6 Å². The van der Waals surface area contributed by atoms with E-state index in [0.717, 1.165) is 0 Å². The molecule has 0 aliphatic rings. The molecule has 0 aliphatic heterocycles. The van der Waals surface area contributed by atoms with Crippen LogP contribution >= 0.6 is 0 Å². The number of hydrogen-bond acceptors (Lipinski definition) is 6. The maximum absolute atomic E-state index is 12.0. The number of aromatic nitrogens is 1. The molecule has 0 saturated heterocycles. The first-order valence-corrected chi connectivity index (χ1v) is 6.59. The number of nitrogens with zero attached hydrogens (tertiary/aromatic N) is 1. The van der Waals surface area contributed by atoms with E-state index in [-0.39, 0.29) is 5.82 Å². The summed E-state index contributed by atoms with van der Waals surface area (Å²) in [7, 11) is 1.50. The zero-order valence-electron chi connectivity index (χ0n) is 12.5. The largest absolute Gasteiger partial charge is 0.497 e. The van der Waals surface area contributed by atoms with Crippen molar-refractivity contribution in [2.45, 2.75) is 20.0 Å². The van der Waals surface area contributed by atoms with Crippen LogP contribution in [0.4, 0.5) is 5.82 Å². The third-order valence-corrected chi connectivity index (χ3v) is 2.84. The van der Waals surface area contributed by atoms with Crippen molar-refractivity contribution in [1.82, 2.24) is 5.16 Å². The maximum atomic E-state index is 12.0. The molecule has 0 saturated carbocycles. The molecule has 2 rings (SSSR count). The van der Waals surface area contributed by atoms with Crippen molar-refractivity contribution in [2.24, 2.45) is 0 Å². The summed E-state index contributed by atoms with van der Waals surface area (Å²) in [6, 6.07) is 8.05. The lowest BCUT2D eigenvalue weighted by Crippen LogP contribution is -2.30. The number of nitrogens with one attached hydrogen (secondary N) is 1. The van der Waals surface area contributed by atoms with E-state index in [4.69, 9.17) is 14.0 Å². The van der Waals surface area contributed by atoms with E-state index >= 15 is 0 Å². The first-order chi connectivity index (χ1) is 10.5. The minimum absolute atomic E-state index is 0.270. The van der Waals surface area contributed by atoms with Gasteiger partial charge < -0.3 is 19.3 Å².